The van der Waals surface area contributed by atoms with Crippen molar-refractivity contribution >= 4 is 29.6 Å². The Kier molecular flexibility index (Phi) is 12.6. The molecule has 1 N–H and O–H groups in total. The number of carbonyl (C=O) groups excluding carboxylic acids is 3. The van der Waals surface area contributed by atoms with Crippen LogP contribution in [0, 0.1) is 5.92 Å². The van der Waals surface area contributed by atoms with E-state index in [9.17, 15) is 14.4 Å². The lowest BCUT2D eigenvalue weighted by atomic mass is 9.96. The van der Waals surface area contributed by atoms with Gasteiger partial charge in [0.15, 0.2) is 0 Å². The van der Waals surface area contributed by atoms with Gasteiger partial charge in [0.05, 0.1) is 33.0 Å². The molecule has 1 heterocycles. The van der Waals surface area contributed by atoms with E-state index in [1.807, 2.05) is 60.7 Å². The zero-order chi connectivity index (χ0) is 29.8. The number of methoxy groups -OCH3 is 1. The van der Waals surface area contributed by atoms with E-state index >= 15 is 0 Å². The number of benzene rings is 2. The lowest BCUT2D eigenvalue weighted by Crippen LogP contribution is -2.46. The Labute approximate surface area is 246 Å². The van der Waals surface area contributed by atoms with Gasteiger partial charge in [0.1, 0.15) is 29.0 Å². The van der Waals surface area contributed by atoms with Gasteiger partial charge in [0.25, 0.3) is 0 Å². The zero-order valence-corrected chi connectivity index (χ0v) is 25.2. The predicted molar refractivity (Wildman–Crippen MR) is 156 cm³/mol. The molecule has 1 aliphatic rings. The highest BCUT2D eigenvalue weighted by molar-refractivity contribution is 7.99. The summed E-state index contributed by atoms with van der Waals surface area (Å²) in [6.45, 7) is 7.77. The number of rotatable bonds is 14. The fourth-order valence-corrected chi connectivity index (χ4v) is 5.76. The zero-order valence-electron chi connectivity index (χ0n) is 24.4. The van der Waals surface area contributed by atoms with Gasteiger partial charge in [-0.15, -0.1) is 11.8 Å². The fraction of sp³-hybridized carbons (Fsp3) is 0.516. The Morgan fingerprint density at radius 3 is 2.15 bits per heavy atom. The molecule has 2 aromatic rings. The topological polar surface area (TPSA) is 109 Å². The minimum atomic E-state index is -0.974. The summed E-state index contributed by atoms with van der Waals surface area (Å²) in [4.78, 5) is 37.2. The van der Waals surface area contributed by atoms with Gasteiger partial charge in [-0.3, -0.25) is 0 Å². The van der Waals surface area contributed by atoms with Gasteiger partial charge < -0.3 is 33.8 Å². The minimum absolute atomic E-state index is 0.000220. The first-order chi connectivity index (χ1) is 19.6. The van der Waals surface area contributed by atoms with Gasteiger partial charge in [-0.2, -0.15) is 0 Å². The number of thioether (sulfide) groups is 1. The molecule has 10 heteroatoms. The largest absolute Gasteiger partial charge is 0.467 e. The third-order valence-electron chi connectivity index (χ3n) is 6.25. The van der Waals surface area contributed by atoms with Crippen LogP contribution < -0.4 is 5.32 Å². The summed E-state index contributed by atoms with van der Waals surface area (Å²) in [5.41, 5.74) is 0.821. The van der Waals surface area contributed by atoms with E-state index in [-0.39, 0.29) is 30.5 Å². The average molecular weight is 588 g/mol. The molecular formula is C31H41NO8S. The number of Topliss-reactive ketones (excluding diaryl/α,β-unsaturated/α-hetero) is 1. The Hall–Kier alpha value is -2.92. The second kappa shape index (κ2) is 15.9. The van der Waals surface area contributed by atoms with Gasteiger partial charge in [0.2, 0.25) is 0 Å². The number of amides is 1. The van der Waals surface area contributed by atoms with E-state index in [1.54, 1.807) is 20.8 Å². The highest BCUT2D eigenvalue weighted by Crippen LogP contribution is 2.39. The number of alkyl carbamates (subject to hydrolysis) is 1. The van der Waals surface area contributed by atoms with E-state index in [2.05, 4.69) is 5.32 Å². The quantitative estimate of drug-likeness (QED) is 0.309. The van der Waals surface area contributed by atoms with Crippen LogP contribution in [0.1, 0.15) is 45.2 Å². The molecule has 1 fully saturated rings. The van der Waals surface area contributed by atoms with Crippen molar-refractivity contribution in [2.24, 2.45) is 5.92 Å². The summed E-state index contributed by atoms with van der Waals surface area (Å²) in [7, 11) is 1.26. The Morgan fingerprint density at radius 1 is 0.976 bits per heavy atom. The van der Waals surface area contributed by atoms with Gasteiger partial charge in [-0.25, -0.2) is 9.59 Å². The normalized spacial score (nSPS) is 21.2. The SMILES string of the molecule is COC(=O)[C@H](CS[C@H]1O[C@H](COCc2ccccc2)[C@H](OCc2ccccc2)[C@@H]1CC(C)=O)NC(=O)OC(C)(C)C. The second-order valence-corrected chi connectivity index (χ2v) is 12.1. The third-order valence-corrected chi connectivity index (χ3v) is 7.57. The molecular weight excluding hydrogens is 546 g/mol. The maximum absolute atomic E-state index is 12.5. The van der Waals surface area contributed by atoms with Crippen LogP contribution in [0.5, 0.6) is 0 Å². The van der Waals surface area contributed by atoms with Crippen LogP contribution in [0.2, 0.25) is 0 Å². The number of nitrogens with one attached hydrogen (secondary N) is 1. The second-order valence-electron chi connectivity index (χ2n) is 10.9. The van der Waals surface area contributed by atoms with Gasteiger partial charge in [-0.05, 0) is 38.8 Å². The molecule has 2 aromatic carbocycles. The number of hydrogen-bond acceptors (Lipinski definition) is 9. The van der Waals surface area contributed by atoms with E-state index in [0.717, 1.165) is 11.1 Å². The van der Waals surface area contributed by atoms with Crippen molar-refractivity contribution in [3.05, 3.63) is 71.8 Å². The number of carbonyl (C=O) groups is 3. The molecule has 1 aliphatic heterocycles. The Bertz CT molecular complexity index is 1110. The molecule has 0 radical (unpaired) electrons. The molecule has 0 aliphatic carbocycles. The monoisotopic (exact) mass is 587 g/mol. The van der Waals surface area contributed by atoms with E-state index in [0.29, 0.717) is 13.2 Å². The number of ether oxygens (including phenoxy) is 5. The van der Waals surface area contributed by atoms with Crippen molar-refractivity contribution < 1.29 is 38.1 Å². The van der Waals surface area contributed by atoms with Crippen molar-refractivity contribution in [3.63, 3.8) is 0 Å². The fourth-order valence-electron chi connectivity index (χ4n) is 4.44. The van der Waals surface area contributed by atoms with Gasteiger partial charge in [-0.1, -0.05) is 60.7 Å². The van der Waals surface area contributed by atoms with Crippen molar-refractivity contribution in [2.45, 2.75) is 76.6 Å². The molecule has 0 bridgehead atoms. The molecule has 0 unspecified atom stereocenters. The third kappa shape index (κ3) is 11.1. The number of ketones is 1. The maximum atomic E-state index is 12.5. The molecule has 0 saturated carbocycles. The molecule has 9 nitrogen and oxygen atoms in total. The summed E-state index contributed by atoms with van der Waals surface area (Å²) in [6.07, 6.45) is -1.37. The summed E-state index contributed by atoms with van der Waals surface area (Å²) < 4.78 is 29.1. The first-order valence-corrected chi connectivity index (χ1v) is 14.7. The molecule has 0 spiro atoms. The summed E-state index contributed by atoms with van der Waals surface area (Å²) in [5, 5.41) is 2.59. The highest BCUT2D eigenvalue weighted by atomic mass is 32.2. The first kappa shape index (κ1) is 32.6. The van der Waals surface area contributed by atoms with Crippen LogP contribution in [0.15, 0.2) is 60.7 Å². The lowest BCUT2D eigenvalue weighted by molar-refractivity contribution is -0.142. The molecule has 41 heavy (non-hydrogen) atoms. The van der Waals surface area contributed by atoms with E-state index < -0.39 is 41.3 Å². The lowest BCUT2D eigenvalue weighted by Gasteiger charge is -2.25. The standard InChI is InChI=1S/C31H41NO8S/c1-21(33)16-24-27(38-18-23-14-10-7-11-15-23)26(19-37-17-22-12-8-6-9-13-22)39-29(24)41-20-25(28(34)36-5)32-30(35)40-31(2,3)4/h6-15,24-27,29H,16-20H2,1-5H3,(H,32,35)/t24-,25-,26+,27+,29+/m0/s1. The van der Waals surface area contributed by atoms with Crippen molar-refractivity contribution in [2.75, 3.05) is 19.5 Å². The summed E-state index contributed by atoms with van der Waals surface area (Å²) in [6, 6.07) is 18.6. The molecule has 5 atom stereocenters. The van der Waals surface area contributed by atoms with Crippen LogP contribution in [0.25, 0.3) is 0 Å². The summed E-state index contributed by atoms with van der Waals surface area (Å²) in [5.74, 6) is -0.760. The van der Waals surface area contributed by atoms with Crippen molar-refractivity contribution in [1.29, 1.82) is 0 Å². The van der Waals surface area contributed by atoms with Crippen molar-refractivity contribution in [1.82, 2.24) is 5.32 Å². The Balaban J connectivity index is 1.74. The van der Waals surface area contributed by atoms with E-state index in [4.69, 9.17) is 23.7 Å². The first-order valence-electron chi connectivity index (χ1n) is 13.7. The van der Waals surface area contributed by atoms with Crippen LogP contribution in [-0.2, 0) is 46.5 Å². The molecule has 0 aromatic heterocycles. The van der Waals surface area contributed by atoms with Crippen LogP contribution in [0.3, 0.4) is 0 Å². The average Bonchev–Trinajstić information content (AvgIpc) is 3.24. The van der Waals surface area contributed by atoms with E-state index in [1.165, 1.54) is 25.8 Å². The number of esters is 1. The van der Waals surface area contributed by atoms with Gasteiger partial charge in [0, 0.05) is 18.1 Å². The minimum Gasteiger partial charge on any atom is -0.467 e. The van der Waals surface area contributed by atoms with Crippen LogP contribution in [0.4, 0.5) is 4.79 Å². The predicted octanol–water partition coefficient (Wildman–Crippen LogP) is 4.91. The Morgan fingerprint density at radius 2 is 1.59 bits per heavy atom. The smallest absolute Gasteiger partial charge is 0.408 e. The molecule has 1 amide bonds. The van der Waals surface area contributed by atoms with Crippen LogP contribution >= 0.6 is 11.8 Å². The maximum Gasteiger partial charge on any atom is 0.408 e. The highest BCUT2D eigenvalue weighted by Gasteiger charge is 2.46. The van der Waals surface area contributed by atoms with Gasteiger partial charge >= 0.3 is 12.1 Å². The molecule has 1 saturated heterocycles. The van der Waals surface area contributed by atoms with Crippen LogP contribution in [-0.4, -0.2) is 66.6 Å². The molecule has 224 valence electrons. The molecule has 3 rings (SSSR count). The number of hydrogen-bond donors (Lipinski definition) is 1. The summed E-state index contributed by atoms with van der Waals surface area (Å²) >= 11 is 1.32. The van der Waals surface area contributed by atoms with Crippen molar-refractivity contribution in [3.8, 4) is 0 Å².